The summed E-state index contributed by atoms with van der Waals surface area (Å²) in [6, 6.07) is 6.53. The summed E-state index contributed by atoms with van der Waals surface area (Å²) in [5, 5.41) is 2.77. The van der Waals surface area contributed by atoms with Gasteiger partial charge in [0.2, 0.25) is 5.91 Å². The molecule has 1 aromatic carbocycles. The van der Waals surface area contributed by atoms with Crippen molar-refractivity contribution in [2.75, 3.05) is 19.6 Å². The lowest BCUT2D eigenvalue weighted by Gasteiger charge is -2.25. The standard InChI is InChI=1S/C15H21FN2O/c16-14-7-3-2-6-13(14)12-17-15(19)8-11-18-9-4-1-5-10-18/h2-3,6-7H,1,4-5,8-12H2,(H,17,19). The molecule has 0 saturated carbocycles. The Morgan fingerprint density at radius 1 is 1.21 bits per heavy atom. The van der Waals surface area contributed by atoms with Crippen LogP contribution in [0.2, 0.25) is 0 Å². The van der Waals surface area contributed by atoms with Crippen LogP contribution >= 0.6 is 0 Å². The number of rotatable bonds is 5. The Kier molecular flexibility index (Phi) is 5.33. The number of hydrogen-bond donors (Lipinski definition) is 1. The fourth-order valence-corrected chi connectivity index (χ4v) is 2.37. The molecule has 2 rings (SSSR count). The minimum atomic E-state index is -0.265. The molecule has 0 radical (unpaired) electrons. The Morgan fingerprint density at radius 3 is 2.68 bits per heavy atom. The van der Waals surface area contributed by atoms with E-state index in [4.69, 9.17) is 0 Å². The van der Waals surface area contributed by atoms with Gasteiger partial charge in [-0.1, -0.05) is 24.6 Å². The Balaban J connectivity index is 1.68. The number of likely N-dealkylation sites (tertiary alicyclic amines) is 1. The number of piperidine rings is 1. The molecule has 0 bridgehead atoms. The van der Waals surface area contributed by atoms with Crippen molar-refractivity contribution in [3.05, 3.63) is 35.6 Å². The van der Waals surface area contributed by atoms with E-state index in [0.29, 0.717) is 12.0 Å². The molecule has 0 atom stereocenters. The van der Waals surface area contributed by atoms with Crippen molar-refractivity contribution in [1.29, 1.82) is 0 Å². The second-order valence-corrected chi connectivity index (χ2v) is 5.02. The van der Waals surface area contributed by atoms with E-state index in [9.17, 15) is 9.18 Å². The minimum Gasteiger partial charge on any atom is -0.352 e. The molecule has 1 saturated heterocycles. The molecule has 1 N–H and O–H groups in total. The monoisotopic (exact) mass is 264 g/mol. The van der Waals surface area contributed by atoms with E-state index in [1.807, 2.05) is 0 Å². The fourth-order valence-electron chi connectivity index (χ4n) is 2.37. The smallest absolute Gasteiger partial charge is 0.221 e. The van der Waals surface area contributed by atoms with Gasteiger partial charge >= 0.3 is 0 Å². The highest BCUT2D eigenvalue weighted by atomic mass is 19.1. The van der Waals surface area contributed by atoms with Gasteiger partial charge in [0.05, 0.1) is 0 Å². The second-order valence-electron chi connectivity index (χ2n) is 5.02. The first-order valence-corrected chi connectivity index (χ1v) is 6.98. The highest BCUT2D eigenvalue weighted by molar-refractivity contribution is 5.76. The minimum absolute atomic E-state index is 0.00572. The third kappa shape index (κ3) is 4.63. The quantitative estimate of drug-likeness (QED) is 0.885. The molecule has 0 spiro atoms. The Labute approximate surface area is 113 Å². The van der Waals surface area contributed by atoms with E-state index >= 15 is 0 Å². The number of halogens is 1. The number of nitrogens with zero attached hydrogens (tertiary/aromatic N) is 1. The first-order chi connectivity index (χ1) is 9.25. The van der Waals surface area contributed by atoms with Crippen LogP contribution in [0.1, 0.15) is 31.2 Å². The van der Waals surface area contributed by atoms with E-state index in [1.54, 1.807) is 18.2 Å². The Bertz CT molecular complexity index is 416. The zero-order valence-corrected chi connectivity index (χ0v) is 11.2. The lowest BCUT2D eigenvalue weighted by atomic mass is 10.1. The average molecular weight is 264 g/mol. The maximum Gasteiger partial charge on any atom is 0.221 e. The van der Waals surface area contributed by atoms with Crippen molar-refractivity contribution < 1.29 is 9.18 Å². The molecule has 104 valence electrons. The number of hydrogen-bond acceptors (Lipinski definition) is 2. The number of amides is 1. The SMILES string of the molecule is O=C(CCN1CCCCC1)NCc1ccccc1F. The average Bonchev–Trinajstić information content (AvgIpc) is 2.45. The van der Waals surface area contributed by atoms with Crippen molar-refractivity contribution in [2.24, 2.45) is 0 Å². The van der Waals surface area contributed by atoms with Crippen LogP contribution in [0.4, 0.5) is 4.39 Å². The highest BCUT2D eigenvalue weighted by Crippen LogP contribution is 2.09. The van der Waals surface area contributed by atoms with Crippen LogP contribution in [0.3, 0.4) is 0 Å². The van der Waals surface area contributed by atoms with Gasteiger partial charge in [-0.25, -0.2) is 4.39 Å². The highest BCUT2D eigenvalue weighted by Gasteiger charge is 2.11. The van der Waals surface area contributed by atoms with Crippen LogP contribution in [-0.2, 0) is 11.3 Å². The molecule has 1 aliphatic heterocycles. The van der Waals surface area contributed by atoms with Gasteiger partial charge in [-0.15, -0.1) is 0 Å². The molecule has 1 aromatic rings. The van der Waals surface area contributed by atoms with Gasteiger partial charge in [-0.3, -0.25) is 4.79 Å². The molecule has 19 heavy (non-hydrogen) atoms. The maximum absolute atomic E-state index is 13.4. The predicted octanol–water partition coefficient (Wildman–Crippen LogP) is 2.32. The lowest BCUT2D eigenvalue weighted by molar-refractivity contribution is -0.121. The summed E-state index contributed by atoms with van der Waals surface area (Å²) in [4.78, 5) is 14.0. The van der Waals surface area contributed by atoms with Crippen molar-refractivity contribution in [3.8, 4) is 0 Å². The Hall–Kier alpha value is -1.42. The lowest BCUT2D eigenvalue weighted by Crippen LogP contribution is -2.34. The van der Waals surface area contributed by atoms with Crippen molar-refractivity contribution in [1.82, 2.24) is 10.2 Å². The molecule has 1 amide bonds. The fraction of sp³-hybridized carbons (Fsp3) is 0.533. The zero-order chi connectivity index (χ0) is 13.5. The summed E-state index contributed by atoms with van der Waals surface area (Å²) in [6.07, 6.45) is 4.26. The summed E-state index contributed by atoms with van der Waals surface area (Å²) in [6.45, 7) is 3.27. The molecule has 3 nitrogen and oxygen atoms in total. The van der Waals surface area contributed by atoms with Crippen LogP contribution in [0.25, 0.3) is 0 Å². The van der Waals surface area contributed by atoms with Gasteiger partial charge in [0.15, 0.2) is 0 Å². The van der Waals surface area contributed by atoms with Gasteiger partial charge < -0.3 is 10.2 Å². The molecule has 1 aliphatic rings. The summed E-state index contributed by atoms with van der Waals surface area (Å²) in [5.41, 5.74) is 0.536. The van der Waals surface area contributed by atoms with Gasteiger partial charge in [-0.2, -0.15) is 0 Å². The first kappa shape index (κ1) is 14.0. The number of carbonyl (C=O) groups excluding carboxylic acids is 1. The molecule has 1 heterocycles. The van der Waals surface area contributed by atoms with Crippen LogP contribution in [-0.4, -0.2) is 30.4 Å². The van der Waals surface area contributed by atoms with Gasteiger partial charge in [-0.05, 0) is 32.0 Å². The number of carbonyl (C=O) groups is 1. The second kappa shape index (κ2) is 7.24. The van der Waals surface area contributed by atoms with E-state index in [0.717, 1.165) is 19.6 Å². The van der Waals surface area contributed by atoms with E-state index in [1.165, 1.54) is 25.3 Å². The van der Waals surface area contributed by atoms with E-state index in [-0.39, 0.29) is 18.3 Å². The van der Waals surface area contributed by atoms with Gasteiger partial charge in [0, 0.05) is 25.1 Å². The van der Waals surface area contributed by atoms with E-state index in [2.05, 4.69) is 10.2 Å². The Morgan fingerprint density at radius 2 is 1.95 bits per heavy atom. The summed E-state index contributed by atoms with van der Waals surface area (Å²) < 4.78 is 13.4. The largest absolute Gasteiger partial charge is 0.352 e. The van der Waals surface area contributed by atoms with Crippen molar-refractivity contribution in [3.63, 3.8) is 0 Å². The topological polar surface area (TPSA) is 32.3 Å². The van der Waals surface area contributed by atoms with Crippen molar-refractivity contribution in [2.45, 2.75) is 32.2 Å². The van der Waals surface area contributed by atoms with Crippen LogP contribution in [0, 0.1) is 5.82 Å². The zero-order valence-electron chi connectivity index (χ0n) is 11.2. The summed E-state index contributed by atoms with van der Waals surface area (Å²) in [7, 11) is 0. The number of benzene rings is 1. The van der Waals surface area contributed by atoms with Gasteiger partial charge in [0.25, 0.3) is 0 Å². The third-order valence-corrected chi connectivity index (χ3v) is 3.54. The van der Waals surface area contributed by atoms with Gasteiger partial charge in [0.1, 0.15) is 5.82 Å². The third-order valence-electron chi connectivity index (χ3n) is 3.54. The molecule has 1 fully saturated rings. The van der Waals surface area contributed by atoms with E-state index < -0.39 is 0 Å². The van der Waals surface area contributed by atoms with Crippen LogP contribution in [0.15, 0.2) is 24.3 Å². The van der Waals surface area contributed by atoms with Crippen LogP contribution < -0.4 is 5.32 Å². The molecule has 0 aromatic heterocycles. The molecular weight excluding hydrogens is 243 g/mol. The predicted molar refractivity (Wildman–Crippen MR) is 73.2 cm³/mol. The summed E-state index contributed by atoms with van der Waals surface area (Å²) >= 11 is 0. The molecule has 0 unspecified atom stereocenters. The molecular formula is C15H21FN2O. The normalized spacial score (nSPS) is 16.3. The van der Waals surface area contributed by atoms with Crippen molar-refractivity contribution >= 4 is 5.91 Å². The number of nitrogens with one attached hydrogen (secondary N) is 1. The molecule has 4 heteroatoms. The first-order valence-electron chi connectivity index (χ1n) is 6.98. The summed E-state index contributed by atoms with van der Waals surface area (Å²) in [5.74, 6) is -0.271. The molecule has 0 aliphatic carbocycles. The van der Waals surface area contributed by atoms with Crippen LogP contribution in [0.5, 0.6) is 0 Å². The maximum atomic E-state index is 13.4.